The van der Waals surface area contributed by atoms with Crippen LogP contribution in [0.5, 0.6) is 0 Å². The molecule has 0 aromatic heterocycles. The molecule has 124 valence electrons. The first-order valence-electron chi connectivity index (χ1n) is 6.99. The first-order valence-corrected chi connectivity index (χ1v) is 6.99. The number of carbonyl (C=O) groups is 3. The number of aliphatic carboxylic acids is 1. The largest absolute Gasteiger partial charge is 0.481 e. The van der Waals surface area contributed by atoms with Gasteiger partial charge < -0.3 is 14.6 Å². The molecule has 0 amide bonds. The number of esters is 2. The zero-order chi connectivity index (χ0) is 17.3. The van der Waals surface area contributed by atoms with Gasteiger partial charge in [-0.2, -0.15) is 0 Å². The Hall–Kier alpha value is -2.11. The second-order valence-electron chi connectivity index (χ2n) is 5.55. The summed E-state index contributed by atoms with van der Waals surface area (Å²) < 4.78 is 9.85. The van der Waals surface area contributed by atoms with Crippen LogP contribution in [0, 0.1) is 5.41 Å². The lowest BCUT2D eigenvalue weighted by Gasteiger charge is -2.24. The molecular weight excluding hydrogens is 288 g/mol. The molecule has 0 saturated heterocycles. The molecule has 0 aromatic carbocycles. The van der Waals surface area contributed by atoms with Crippen LogP contribution in [0.1, 0.15) is 40.0 Å². The van der Waals surface area contributed by atoms with Crippen LogP contribution >= 0.6 is 0 Å². The average Bonchev–Trinajstić information content (AvgIpc) is 2.42. The number of ether oxygens (including phenoxy) is 2. The second kappa shape index (κ2) is 9.02. The van der Waals surface area contributed by atoms with Crippen molar-refractivity contribution in [3.05, 3.63) is 24.3 Å². The van der Waals surface area contributed by atoms with Gasteiger partial charge in [0, 0.05) is 11.1 Å². The SMILES string of the molecule is C=C(C)C(=O)OCCCC(C)(CCOC(=O)C(=C)C)C(=O)O. The van der Waals surface area contributed by atoms with E-state index in [1.807, 2.05) is 0 Å². The molecule has 0 aromatic rings. The maximum absolute atomic E-state index is 11.4. The van der Waals surface area contributed by atoms with Gasteiger partial charge in [-0.3, -0.25) is 4.79 Å². The van der Waals surface area contributed by atoms with Gasteiger partial charge >= 0.3 is 17.9 Å². The van der Waals surface area contributed by atoms with Gasteiger partial charge in [0.1, 0.15) is 0 Å². The molecule has 0 spiro atoms. The fourth-order valence-electron chi connectivity index (χ4n) is 1.58. The second-order valence-corrected chi connectivity index (χ2v) is 5.55. The third-order valence-corrected chi connectivity index (χ3v) is 3.21. The van der Waals surface area contributed by atoms with Crippen molar-refractivity contribution in [2.75, 3.05) is 13.2 Å². The third-order valence-electron chi connectivity index (χ3n) is 3.21. The predicted molar refractivity (Wildman–Crippen MR) is 81.1 cm³/mol. The average molecular weight is 312 g/mol. The van der Waals surface area contributed by atoms with Gasteiger partial charge in [0.2, 0.25) is 0 Å². The van der Waals surface area contributed by atoms with Crippen molar-refractivity contribution in [3.63, 3.8) is 0 Å². The monoisotopic (exact) mass is 312 g/mol. The number of hydrogen-bond acceptors (Lipinski definition) is 5. The Labute approximate surface area is 130 Å². The van der Waals surface area contributed by atoms with Gasteiger partial charge in [-0.1, -0.05) is 13.2 Å². The normalized spacial score (nSPS) is 12.9. The van der Waals surface area contributed by atoms with Crippen molar-refractivity contribution in [2.45, 2.75) is 40.0 Å². The molecule has 1 atom stereocenters. The van der Waals surface area contributed by atoms with E-state index < -0.39 is 23.3 Å². The fraction of sp³-hybridized carbons (Fsp3) is 0.562. The van der Waals surface area contributed by atoms with Crippen LogP contribution in [-0.2, 0) is 23.9 Å². The van der Waals surface area contributed by atoms with E-state index >= 15 is 0 Å². The van der Waals surface area contributed by atoms with E-state index in [9.17, 15) is 19.5 Å². The summed E-state index contributed by atoms with van der Waals surface area (Å²) >= 11 is 0. The number of rotatable bonds is 10. The van der Waals surface area contributed by atoms with Crippen LogP contribution in [0.3, 0.4) is 0 Å². The summed E-state index contributed by atoms with van der Waals surface area (Å²) in [7, 11) is 0. The fourth-order valence-corrected chi connectivity index (χ4v) is 1.58. The van der Waals surface area contributed by atoms with Crippen LogP contribution in [0.25, 0.3) is 0 Å². The molecule has 0 radical (unpaired) electrons. The van der Waals surface area contributed by atoms with Crippen LogP contribution in [0.4, 0.5) is 0 Å². The molecule has 0 saturated carbocycles. The van der Waals surface area contributed by atoms with Gasteiger partial charge in [-0.25, -0.2) is 9.59 Å². The Morgan fingerprint density at radius 3 is 1.82 bits per heavy atom. The summed E-state index contributed by atoms with van der Waals surface area (Å²) in [6.45, 7) is 11.7. The summed E-state index contributed by atoms with van der Waals surface area (Å²) in [4.78, 5) is 33.9. The zero-order valence-electron chi connectivity index (χ0n) is 13.4. The van der Waals surface area contributed by atoms with Crippen LogP contribution < -0.4 is 0 Å². The van der Waals surface area contributed by atoms with E-state index in [-0.39, 0.29) is 25.2 Å². The standard InChI is InChI=1S/C16H24O6/c1-11(2)13(17)21-9-6-7-16(5,15(19)20)8-10-22-14(18)12(3)4/h1,3,6-10H2,2,4-5H3,(H,19,20). The van der Waals surface area contributed by atoms with Crippen molar-refractivity contribution in [1.29, 1.82) is 0 Å². The molecule has 0 bridgehead atoms. The van der Waals surface area contributed by atoms with Crippen molar-refractivity contribution in [2.24, 2.45) is 5.41 Å². The Bertz CT molecular complexity index is 465. The number of carbonyl (C=O) groups excluding carboxylic acids is 2. The van der Waals surface area contributed by atoms with Crippen LogP contribution in [-0.4, -0.2) is 36.2 Å². The predicted octanol–water partition coefficient (Wildman–Crippen LogP) is 2.49. The molecule has 0 rings (SSSR count). The summed E-state index contributed by atoms with van der Waals surface area (Å²) in [5.74, 6) is -2.01. The minimum atomic E-state index is -1.05. The molecule has 0 aliphatic rings. The first-order chi connectivity index (χ1) is 10.1. The Morgan fingerprint density at radius 2 is 1.41 bits per heavy atom. The van der Waals surface area contributed by atoms with Crippen molar-refractivity contribution in [1.82, 2.24) is 0 Å². The maximum Gasteiger partial charge on any atom is 0.333 e. The van der Waals surface area contributed by atoms with E-state index in [0.29, 0.717) is 18.4 Å². The quantitative estimate of drug-likeness (QED) is 0.379. The molecule has 1 unspecified atom stereocenters. The van der Waals surface area contributed by atoms with Crippen molar-refractivity contribution >= 4 is 17.9 Å². The Balaban J connectivity index is 4.30. The van der Waals surface area contributed by atoms with Gasteiger partial charge in [-0.05, 0) is 40.0 Å². The summed E-state index contributed by atoms with van der Waals surface area (Å²) in [5.41, 5.74) is -0.484. The molecule has 0 fully saturated rings. The highest BCUT2D eigenvalue weighted by atomic mass is 16.5. The zero-order valence-corrected chi connectivity index (χ0v) is 13.4. The lowest BCUT2D eigenvalue weighted by atomic mass is 9.82. The van der Waals surface area contributed by atoms with E-state index in [1.54, 1.807) is 13.8 Å². The molecule has 6 heteroatoms. The molecule has 6 nitrogen and oxygen atoms in total. The van der Waals surface area contributed by atoms with E-state index in [0.717, 1.165) is 0 Å². The van der Waals surface area contributed by atoms with E-state index in [4.69, 9.17) is 9.47 Å². The highest BCUT2D eigenvalue weighted by molar-refractivity contribution is 5.87. The van der Waals surface area contributed by atoms with Gasteiger partial charge in [0.25, 0.3) is 0 Å². The third kappa shape index (κ3) is 7.06. The number of hydrogen-bond donors (Lipinski definition) is 1. The van der Waals surface area contributed by atoms with Crippen LogP contribution in [0.2, 0.25) is 0 Å². The first kappa shape index (κ1) is 19.9. The van der Waals surface area contributed by atoms with E-state index in [2.05, 4.69) is 13.2 Å². The van der Waals surface area contributed by atoms with Crippen molar-refractivity contribution in [3.8, 4) is 0 Å². The molecule has 1 N–H and O–H groups in total. The van der Waals surface area contributed by atoms with Crippen LogP contribution in [0.15, 0.2) is 24.3 Å². The lowest BCUT2D eigenvalue weighted by molar-refractivity contribution is -0.152. The minimum Gasteiger partial charge on any atom is -0.481 e. The molecule has 0 aliphatic carbocycles. The molecular formula is C16H24O6. The van der Waals surface area contributed by atoms with E-state index in [1.165, 1.54) is 6.92 Å². The highest BCUT2D eigenvalue weighted by Gasteiger charge is 2.32. The Morgan fingerprint density at radius 1 is 0.955 bits per heavy atom. The topological polar surface area (TPSA) is 89.9 Å². The Kier molecular flexibility index (Phi) is 8.15. The highest BCUT2D eigenvalue weighted by Crippen LogP contribution is 2.28. The molecule has 0 heterocycles. The number of carboxylic acids is 1. The summed E-state index contributed by atoms with van der Waals surface area (Å²) in [6.07, 6.45) is 0.877. The summed E-state index contributed by atoms with van der Waals surface area (Å²) in [5, 5.41) is 9.32. The van der Waals surface area contributed by atoms with Gasteiger partial charge in [0.05, 0.1) is 18.6 Å². The minimum absolute atomic E-state index is 0.0000466. The van der Waals surface area contributed by atoms with Crippen molar-refractivity contribution < 1.29 is 29.0 Å². The smallest absolute Gasteiger partial charge is 0.333 e. The molecule has 0 aliphatic heterocycles. The lowest BCUT2D eigenvalue weighted by Crippen LogP contribution is -2.30. The van der Waals surface area contributed by atoms with Gasteiger partial charge in [-0.15, -0.1) is 0 Å². The maximum atomic E-state index is 11.4. The summed E-state index contributed by atoms with van der Waals surface area (Å²) in [6, 6.07) is 0. The molecule has 22 heavy (non-hydrogen) atoms. The number of carboxylic acid groups (broad SMARTS) is 1. The van der Waals surface area contributed by atoms with Gasteiger partial charge in [0.15, 0.2) is 0 Å².